The lowest BCUT2D eigenvalue weighted by Gasteiger charge is -2.36. The molecular formula is C34H36N2O3. The maximum absolute atomic E-state index is 14.0. The average molecular weight is 521 g/mol. The molecule has 0 bridgehead atoms. The summed E-state index contributed by atoms with van der Waals surface area (Å²) in [7, 11) is 5.45. The van der Waals surface area contributed by atoms with Gasteiger partial charge in [0.15, 0.2) is 0 Å². The van der Waals surface area contributed by atoms with Crippen LogP contribution in [0.25, 0.3) is 21.9 Å². The third-order valence-electron chi connectivity index (χ3n) is 8.04. The molecule has 4 aromatic carbocycles. The molecule has 4 aromatic rings. The van der Waals surface area contributed by atoms with Gasteiger partial charge in [-0.15, -0.1) is 0 Å². The number of carbonyl (C=O) groups excluding carboxylic acids is 2. The summed E-state index contributed by atoms with van der Waals surface area (Å²) in [4.78, 5) is 28.5. The number of hydrogen-bond donors (Lipinski definition) is 1. The van der Waals surface area contributed by atoms with E-state index in [1.807, 2.05) is 44.4 Å². The van der Waals surface area contributed by atoms with E-state index in [0.29, 0.717) is 17.7 Å². The first-order valence-corrected chi connectivity index (χ1v) is 13.7. The number of methoxy groups -OCH3 is 1. The van der Waals surface area contributed by atoms with Crippen LogP contribution in [-0.4, -0.2) is 33.1 Å². The lowest BCUT2D eigenvalue weighted by Crippen LogP contribution is -2.40. The van der Waals surface area contributed by atoms with Crippen molar-refractivity contribution in [3.63, 3.8) is 0 Å². The van der Waals surface area contributed by atoms with Gasteiger partial charge in [0, 0.05) is 30.9 Å². The van der Waals surface area contributed by atoms with Crippen molar-refractivity contribution in [2.75, 3.05) is 31.4 Å². The highest BCUT2D eigenvalue weighted by molar-refractivity contribution is 6.07. The summed E-state index contributed by atoms with van der Waals surface area (Å²) in [5, 5.41) is 5.04. The summed E-state index contributed by atoms with van der Waals surface area (Å²) < 4.78 is 4.96. The van der Waals surface area contributed by atoms with Crippen molar-refractivity contribution in [1.82, 2.24) is 0 Å². The van der Waals surface area contributed by atoms with Crippen LogP contribution in [0.1, 0.15) is 48.0 Å². The number of esters is 1. The Bertz CT molecular complexity index is 1470. The normalized spacial score (nSPS) is 14.5. The second-order valence-electron chi connectivity index (χ2n) is 10.8. The molecule has 1 amide bonds. The maximum atomic E-state index is 14.0. The zero-order chi connectivity index (χ0) is 27.4. The van der Waals surface area contributed by atoms with Crippen molar-refractivity contribution in [1.29, 1.82) is 0 Å². The predicted octanol–water partition coefficient (Wildman–Crippen LogP) is 7.49. The van der Waals surface area contributed by atoms with E-state index in [1.54, 1.807) is 6.07 Å². The minimum Gasteiger partial charge on any atom is -0.465 e. The highest BCUT2D eigenvalue weighted by atomic mass is 16.5. The number of ether oxygens (including phenoxy) is 1. The Kier molecular flexibility index (Phi) is 7.69. The van der Waals surface area contributed by atoms with E-state index >= 15 is 0 Å². The van der Waals surface area contributed by atoms with Crippen LogP contribution >= 0.6 is 0 Å². The Labute approximate surface area is 230 Å². The van der Waals surface area contributed by atoms with Gasteiger partial charge in [0.05, 0.1) is 18.1 Å². The molecule has 0 aromatic heterocycles. The fourth-order valence-corrected chi connectivity index (χ4v) is 5.78. The second-order valence-corrected chi connectivity index (χ2v) is 10.8. The van der Waals surface area contributed by atoms with Gasteiger partial charge in [-0.2, -0.15) is 0 Å². The summed E-state index contributed by atoms with van der Waals surface area (Å²) in [6.07, 6.45) is 5.60. The summed E-state index contributed by atoms with van der Waals surface area (Å²) in [6.45, 7) is 0. The summed E-state index contributed by atoms with van der Waals surface area (Å²) in [5.74, 6) is -0.391. The topological polar surface area (TPSA) is 58.6 Å². The summed E-state index contributed by atoms with van der Waals surface area (Å²) in [6, 6.07) is 28.5. The van der Waals surface area contributed by atoms with Crippen molar-refractivity contribution >= 4 is 34.0 Å². The van der Waals surface area contributed by atoms with Crippen molar-refractivity contribution in [3.05, 3.63) is 96.1 Å². The van der Waals surface area contributed by atoms with Crippen molar-refractivity contribution < 1.29 is 14.3 Å². The molecule has 1 aliphatic carbocycles. The largest absolute Gasteiger partial charge is 0.465 e. The molecule has 1 fully saturated rings. The van der Waals surface area contributed by atoms with Gasteiger partial charge >= 0.3 is 5.97 Å². The average Bonchev–Trinajstić information content (AvgIpc) is 2.97. The van der Waals surface area contributed by atoms with Crippen molar-refractivity contribution in [3.8, 4) is 11.1 Å². The van der Waals surface area contributed by atoms with Crippen LogP contribution in [-0.2, 0) is 16.0 Å². The van der Waals surface area contributed by atoms with E-state index < -0.39 is 11.4 Å². The Balaban J connectivity index is 1.41. The molecule has 1 saturated carbocycles. The Morgan fingerprint density at radius 2 is 1.49 bits per heavy atom. The molecule has 5 nitrogen and oxygen atoms in total. The van der Waals surface area contributed by atoms with E-state index in [2.05, 4.69) is 58.7 Å². The van der Waals surface area contributed by atoms with Gasteiger partial charge in [0.2, 0.25) is 5.91 Å². The predicted molar refractivity (Wildman–Crippen MR) is 159 cm³/mol. The van der Waals surface area contributed by atoms with Crippen LogP contribution < -0.4 is 10.2 Å². The third kappa shape index (κ3) is 5.68. The molecular weight excluding hydrogens is 484 g/mol. The quantitative estimate of drug-likeness (QED) is 0.257. The van der Waals surface area contributed by atoms with Gasteiger partial charge in [-0.05, 0) is 65.6 Å². The van der Waals surface area contributed by atoms with E-state index in [9.17, 15) is 9.59 Å². The smallest absolute Gasteiger partial charge is 0.337 e. The molecule has 5 rings (SSSR count). The molecule has 0 unspecified atom stereocenters. The van der Waals surface area contributed by atoms with E-state index in [1.165, 1.54) is 18.4 Å². The molecule has 0 aliphatic heterocycles. The van der Waals surface area contributed by atoms with Crippen LogP contribution in [0.15, 0.2) is 84.9 Å². The lowest BCUT2D eigenvalue weighted by atomic mass is 9.69. The molecule has 39 heavy (non-hydrogen) atoms. The number of nitrogens with zero attached hydrogens (tertiary/aromatic N) is 1. The number of nitrogens with one attached hydrogen (secondary N) is 1. The molecule has 0 radical (unpaired) electrons. The van der Waals surface area contributed by atoms with Gasteiger partial charge in [-0.25, -0.2) is 4.79 Å². The maximum Gasteiger partial charge on any atom is 0.337 e. The lowest BCUT2D eigenvalue weighted by molar-refractivity contribution is -0.127. The molecule has 5 heteroatoms. The third-order valence-corrected chi connectivity index (χ3v) is 8.04. The highest BCUT2D eigenvalue weighted by Gasteiger charge is 2.39. The van der Waals surface area contributed by atoms with E-state index in [4.69, 9.17) is 4.74 Å². The fraction of sp³-hybridized carbons (Fsp3) is 0.294. The summed E-state index contributed by atoms with van der Waals surface area (Å²) >= 11 is 0. The first kappa shape index (κ1) is 26.5. The molecule has 0 spiro atoms. The number of amides is 1. The molecule has 0 atom stereocenters. The minimum absolute atomic E-state index is 0.0257. The molecule has 0 saturated heterocycles. The van der Waals surface area contributed by atoms with Crippen LogP contribution in [0.3, 0.4) is 0 Å². The minimum atomic E-state index is -0.491. The first-order chi connectivity index (χ1) is 18.9. The van der Waals surface area contributed by atoms with Gasteiger partial charge in [0.1, 0.15) is 0 Å². The van der Waals surface area contributed by atoms with Gasteiger partial charge < -0.3 is 15.0 Å². The van der Waals surface area contributed by atoms with Crippen LogP contribution in [0.2, 0.25) is 0 Å². The van der Waals surface area contributed by atoms with Gasteiger partial charge in [-0.3, -0.25) is 4.79 Å². The monoisotopic (exact) mass is 520 g/mol. The Morgan fingerprint density at radius 1 is 0.846 bits per heavy atom. The van der Waals surface area contributed by atoms with E-state index in [0.717, 1.165) is 54.0 Å². The number of hydrogen-bond acceptors (Lipinski definition) is 4. The Hall–Kier alpha value is -4.12. The Morgan fingerprint density at radius 3 is 2.13 bits per heavy atom. The van der Waals surface area contributed by atoms with Crippen molar-refractivity contribution in [2.45, 2.75) is 38.5 Å². The zero-order valence-electron chi connectivity index (χ0n) is 23.0. The van der Waals surface area contributed by atoms with Crippen LogP contribution in [0.4, 0.5) is 11.4 Å². The molecule has 0 heterocycles. The van der Waals surface area contributed by atoms with Crippen molar-refractivity contribution in [2.24, 2.45) is 5.41 Å². The van der Waals surface area contributed by atoms with Gasteiger partial charge in [-0.1, -0.05) is 79.9 Å². The molecule has 1 N–H and O–H groups in total. The molecule has 200 valence electrons. The van der Waals surface area contributed by atoms with Crippen LogP contribution in [0, 0.1) is 5.41 Å². The second kappa shape index (κ2) is 11.3. The number of fused-ring (bicyclic) bond motifs is 1. The number of carbonyl (C=O) groups is 2. The number of anilines is 2. The first-order valence-electron chi connectivity index (χ1n) is 13.7. The molecule has 1 aliphatic rings. The summed E-state index contributed by atoms with van der Waals surface area (Å²) in [5.41, 5.74) is 5.26. The van der Waals surface area contributed by atoms with Crippen LogP contribution in [0.5, 0.6) is 0 Å². The SMILES string of the molecule is COC(=O)c1cc(NC(=O)C2(Cc3ccc(-c4ccc(N(C)C)cc4)cc3)CCCCC2)c2ccccc2c1. The van der Waals surface area contributed by atoms with E-state index in [-0.39, 0.29) is 5.91 Å². The zero-order valence-corrected chi connectivity index (χ0v) is 23.0. The standard InChI is InChI=1S/C34H36N2O3/c1-36(2)29-17-15-26(16-18-29)25-13-11-24(12-14-25)23-34(19-7-4-8-20-34)33(38)35-31-22-28(32(37)39-3)21-27-9-5-6-10-30(27)31/h5-6,9-18,21-22H,4,7-8,19-20,23H2,1-3H3,(H,35,38). The number of rotatable bonds is 7. The number of benzene rings is 4. The van der Waals surface area contributed by atoms with Gasteiger partial charge in [0.25, 0.3) is 0 Å². The highest BCUT2D eigenvalue weighted by Crippen LogP contribution is 2.41. The fourth-order valence-electron chi connectivity index (χ4n) is 5.78.